The molecule has 4 aromatic rings. The van der Waals surface area contributed by atoms with Crippen LogP contribution >= 0.6 is 0 Å². The maximum atomic E-state index is 11.9. The number of aromatic nitrogens is 4. The van der Waals surface area contributed by atoms with Gasteiger partial charge in [0.1, 0.15) is 5.75 Å². The molecular formula is C21H22N6O5S2. The van der Waals surface area contributed by atoms with E-state index in [0.29, 0.717) is 27.5 Å². The molecule has 178 valence electrons. The molecular weight excluding hydrogens is 480 g/mol. The summed E-state index contributed by atoms with van der Waals surface area (Å²) in [4.78, 5) is 8.83. The van der Waals surface area contributed by atoms with Crippen molar-refractivity contribution in [2.24, 2.45) is 0 Å². The van der Waals surface area contributed by atoms with Crippen molar-refractivity contribution < 1.29 is 21.6 Å². The van der Waals surface area contributed by atoms with Crippen molar-refractivity contribution in [2.45, 2.75) is 6.54 Å². The highest BCUT2D eigenvalue weighted by atomic mass is 32.3. The van der Waals surface area contributed by atoms with Crippen LogP contribution in [0.5, 0.6) is 5.75 Å². The largest absolute Gasteiger partial charge is 0.497 e. The first-order valence-electron chi connectivity index (χ1n) is 9.93. The van der Waals surface area contributed by atoms with E-state index < -0.39 is 20.0 Å². The minimum atomic E-state index is -4.02. The molecule has 0 saturated carbocycles. The Labute approximate surface area is 197 Å². The van der Waals surface area contributed by atoms with Gasteiger partial charge in [0.2, 0.25) is 26.0 Å². The fourth-order valence-corrected chi connectivity index (χ4v) is 6.35. The van der Waals surface area contributed by atoms with Gasteiger partial charge in [0, 0.05) is 11.9 Å². The molecule has 0 fully saturated rings. The number of rotatable bonds is 8. The van der Waals surface area contributed by atoms with Crippen LogP contribution in [0, 0.1) is 0 Å². The summed E-state index contributed by atoms with van der Waals surface area (Å²) in [5, 5.41) is 8.20. The lowest BCUT2D eigenvalue weighted by molar-refractivity contribution is 0.414. The third-order valence-electron chi connectivity index (χ3n) is 4.80. The van der Waals surface area contributed by atoms with E-state index in [1.54, 1.807) is 36.3 Å². The van der Waals surface area contributed by atoms with E-state index in [9.17, 15) is 16.8 Å². The number of hydrogen-bond acceptors (Lipinski definition) is 9. The van der Waals surface area contributed by atoms with Gasteiger partial charge in [-0.25, -0.2) is 26.5 Å². The molecule has 0 spiro atoms. The molecule has 2 heterocycles. The smallest absolute Gasteiger partial charge is 0.245 e. The Morgan fingerprint density at radius 1 is 0.941 bits per heavy atom. The molecule has 4 rings (SSSR count). The van der Waals surface area contributed by atoms with Crippen molar-refractivity contribution in [3.63, 3.8) is 0 Å². The van der Waals surface area contributed by atoms with Crippen LogP contribution in [-0.4, -0.2) is 56.2 Å². The number of benzene rings is 2. The number of sulfonamides is 2. The topological polar surface area (TPSA) is 136 Å². The molecule has 1 N–H and O–H groups in total. The summed E-state index contributed by atoms with van der Waals surface area (Å²) in [6.07, 6.45) is 4.99. The van der Waals surface area contributed by atoms with Crippen molar-refractivity contribution >= 4 is 48.4 Å². The monoisotopic (exact) mass is 502 g/mol. The Kier molecular flexibility index (Phi) is 6.15. The van der Waals surface area contributed by atoms with Crippen molar-refractivity contribution in [3.8, 4) is 5.75 Å². The van der Waals surface area contributed by atoms with Gasteiger partial charge in [-0.2, -0.15) is 13.8 Å². The van der Waals surface area contributed by atoms with Crippen LogP contribution in [0.3, 0.4) is 0 Å². The normalized spacial score (nSPS) is 12.0. The van der Waals surface area contributed by atoms with E-state index in [-0.39, 0.29) is 5.69 Å². The second kappa shape index (κ2) is 8.91. The first-order valence-corrected chi connectivity index (χ1v) is 13.6. The summed E-state index contributed by atoms with van der Waals surface area (Å²) in [6.45, 7) is 0.505. The summed E-state index contributed by atoms with van der Waals surface area (Å²) in [7, 11) is -6.42. The molecule has 13 heteroatoms. The van der Waals surface area contributed by atoms with Gasteiger partial charge in [-0.15, -0.1) is 0 Å². The van der Waals surface area contributed by atoms with Gasteiger partial charge in [-0.3, -0.25) is 0 Å². The van der Waals surface area contributed by atoms with Crippen molar-refractivity contribution in [1.29, 1.82) is 0 Å². The molecule has 34 heavy (non-hydrogen) atoms. The lowest BCUT2D eigenvalue weighted by Gasteiger charge is -2.19. The summed E-state index contributed by atoms with van der Waals surface area (Å²) < 4.78 is 55.1. The van der Waals surface area contributed by atoms with Gasteiger partial charge < -0.3 is 10.1 Å². The van der Waals surface area contributed by atoms with Crippen LogP contribution in [0.15, 0.2) is 60.9 Å². The highest BCUT2D eigenvalue weighted by Gasteiger charge is 2.27. The molecule has 0 bridgehead atoms. The lowest BCUT2D eigenvalue weighted by atomic mass is 10.2. The first kappa shape index (κ1) is 23.4. The maximum absolute atomic E-state index is 11.9. The van der Waals surface area contributed by atoms with Gasteiger partial charge in [0.25, 0.3) is 0 Å². The van der Waals surface area contributed by atoms with Crippen molar-refractivity contribution in [1.82, 2.24) is 19.7 Å². The van der Waals surface area contributed by atoms with E-state index in [1.807, 2.05) is 24.3 Å². The molecule has 2 aromatic carbocycles. The SMILES string of the molecule is COc1ccc(Cn2ncc3cnc(Nc4ccc(N(S(C)(=O)=O)S(C)(=O)=O)cc4)nc32)cc1. The molecule has 0 aliphatic rings. The standard InChI is InChI=1S/C21H22N6O5S2/c1-32-19-10-4-15(5-11-19)14-26-20-16(13-23-26)12-22-21(25-20)24-17-6-8-18(9-7-17)27(33(2,28)29)34(3,30)31/h4-13H,14H2,1-3H3,(H,22,24,25). The highest BCUT2D eigenvalue weighted by molar-refractivity contribution is 8.09. The van der Waals surface area contributed by atoms with E-state index in [2.05, 4.69) is 20.4 Å². The predicted octanol–water partition coefficient (Wildman–Crippen LogP) is 2.35. The number of nitrogens with zero attached hydrogens (tertiary/aromatic N) is 5. The van der Waals surface area contributed by atoms with Gasteiger partial charge >= 0.3 is 0 Å². The fraction of sp³-hybridized carbons (Fsp3) is 0.190. The zero-order valence-electron chi connectivity index (χ0n) is 18.6. The maximum Gasteiger partial charge on any atom is 0.245 e. The third kappa shape index (κ3) is 5.10. The quantitative estimate of drug-likeness (QED) is 0.385. The summed E-state index contributed by atoms with van der Waals surface area (Å²) in [6, 6.07) is 13.5. The molecule has 0 aliphatic heterocycles. The Morgan fingerprint density at radius 3 is 2.18 bits per heavy atom. The molecule has 0 atom stereocenters. The van der Waals surface area contributed by atoms with Crippen LogP contribution < -0.4 is 13.8 Å². The number of ether oxygens (including phenoxy) is 1. The summed E-state index contributed by atoms with van der Waals surface area (Å²) in [5.74, 6) is 1.07. The van der Waals surface area contributed by atoms with Crippen LogP contribution in [0.1, 0.15) is 5.56 Å². The zero-order valence-corrected chi connectivity index (χ0v) is 20.2. The number of methoxy groups -OCH3 is 1. The molecule has 0 aliphatic carbocycles. The average Bonchev–Trinajstić information content (AvgIpc) is 3.16. The second-order valence-corrected chi connectivity index (χ2v) is 11.4. The van der Waals surface area contributed by atoms with E-state index >= 15 is 0 Å². The van der Waals surface area contributed by atoms with Gasteiger partial charge in [-0.1, -0.05) is 12.1 Å². The molecule has 0 amide bonds. The minimum absolute atomic E-state index is 0.00416. The number of hydrogen-bond donors (Lipinski definition) is 1. The Balaban J connectivity index is 1.57. The van der Waals surface area contributed by atoms with Gasteiger partial charge in [0.15, 0.2) is 5.65 Å². The van der Waals surface area contributed by atoms with Crippen LogP contribution in [0.2, 0.25) is 0 Å². The van der Waals surface area contributed by atoms with Gasteiger partial charge in [-0.05, 0) is 42.0 Å². The Bertz CT molecular complexity index is 1500. The Morgan fingerprint density at radius 2 is 1.59 bits per heavy atom. The van der Waals surface area contributed by atoms with Crippen molar-refractivity contribution in [2.75, 3.05) is 28.6 Å². The second-order valence-electron chi connectivity index (χ2n) is 7.52. The third-order valence-corrected chi connectivity index (χ3v) is 8.06. The molecule has 11 nitrogen and oxygen atoms in total. The molecule has 0 saturated heterocycles. The zero-order chi connectivity index (χ0) is 24.5. The lowest BCUT2D eigenvalue weighted by Crippen LogP contribution is -2.35. The van der Waals surface area contributed by atoms with Gasteiger partial charge in [0.05, 0.1) is 43.4 Å². The van der Waals surface area contributed by atoms with E-state index in [0.717, 1.165) is 29.2 Å². The predicted molar refractivity (Wildman–Crippen MR) is 129 cm³/mol. The molecule has 2 aromatic heterocycles. The average molecular weight is 503 g/mol. The first-order chi connectivity index (χ1) is 16.0. The van der Waals surface area contributed by atoms with E-state index in [4.69, 9.17) is 4.74 Å². The van der Waals surface area contributed by atoms with Crippen LogP contribution in [-0.2, 0) is 26.6 Å². The number of anilines is 3. The number of nitrogens with one attached hydrogen (secondary N) is 1. The molecule has 0 unspecified atom stereocenters. The van der Waals surface area contributed by atoms with E-state index in [1.165, 1.54) is 12.1 Å². The highest BCUT2D eigenvalue weighted by Crippen LogP contribution is 2.24. The fourth-order valence-electron chi connectivity index (χ4n) is 3.37. The summed E-state index contributed by atoms with van der Waals surface area (Å²) >= 11 is 0. The molecule has 0 radical (unpaired) electrons. The number of fused-ring (bicyclic) bond motifs is 1. The summed E-state index contributed by atoms with van der Waals surface area (Å²) in [5.41, 5.74) is 2.21. The van der Waals surface area contributed by atoms with Crippen LogP contribution in [0.4, 0.5) is 17.3 Å². The van der Waals surface area contributed by atoms with Crippen molar-refractivity contribution in [3.05, 3.63) is 66.5 Å². The Hall–Kier alpha value is -3.71. The van der Waals surface area contributed by atoms with Crippen LogP contribution in [0.25, 0.3) is 11.0 Å². The minimum Gasteiger partial charge on any atom is -0.497 e.